The molecule has 4 heteroatoms. The van der Waals surface area contributed by atoms with E-state index in [2.05, 4.69) is 10.4 Å². The molecule has 0 unspecified atom stereocenters. The van der Waals surface area contributed by atoms with Gasteiger partial charge < -0.3 is 5.32 Å². The summed E-state index contributed by atoms with van der Waals surface area (Å²) in [6.45, 7) is 5.93. The third kappa shape index (κ3) is 3.79. The van der Waals surface area contributed by atoms with E-state index in [1.165, 1.54) is 0 Å². The molecule has 0 radical (unpaired) electrons. The Balaban J connectivity index is 2.04. The lowest BCUT2D eigenvalue weighted by atomic mass is 10.0. The van der Waals surface area contributed by atoms with Crippen LogP contribution < -0.4 is 5.32 Å². The topological polar surface area (TPSA) is 46.9 Å². The standard InChI is InChI=1S/C21H23N3O/c1-21(2,3)22-20(25)17-13-9-8-12-16(17)19-14-18(23-24(19)4)15-10-6-5-7-11-15/h5-14H,1-4H3,(H,22,25). The van der Waals surface area contributed by atoms with Crippen molar-refractivity contribution in [3.8, 4) is 22.5 Å². The Hall–Kier alpha value is -2.88. The zero-order valence-electron chi connectivity index (χ0n) is 15.1. The van der Waals surface area contributed by atoms with E-state index in [1.807, 2.05) is 93.2 Å². The SMILES string of the molecule is Cn1nc(-c2ccccc2)cc1-c1ccccc1C(=O)NC(C)(C)C. The fourth-order valence-electron chi connectivity index (χ4n) is 2.78. The number of aromatic nitrogens is 2. The third-order valence-corrected chi connectivity index (χ3v) is 3.89. The van der Waals surface area contributed by atoms with Gasteiger partial charge in [-0.3, -0.25) is 9.48 Å². The van der Waals surface area contributed by atoms with Crippen LogP contribution in [0.4, 0.5) is 0 Å². The van der Waals surface area contributed by atoms with Gasteiger partial charge >= 0.3 is 0 Å². The number of benzene rings is 2. The number of carbonyl (C=O) groups excluding carboxylic acids is 1. The van der Waals surface area contributed by atoms with Crippen LogP contribution in [0.2, 0.25) is 0 Å². The van der Waals surface area contributed by atoms with Crippen LogP contribution >= 0.6 is 0 Å². The predicted molar refractivity (Wildman–Crippen MR) is 101 cm³/mol. The lowest BCUT2D eigenvalue weighted by molar-refractivity contribution is 0.0920. The van der Waals surface area contributed by atoms with Gasteiger partial charge in [0.2, 0.25) is 0 Å². The Morgan fingerprint density at radius 3 is 2.32 bits per heavy atom. The zero-order valence-corrected chi connectivity index (χ0v) is 15.1. The normalized spacial score (nSPS) is 11.4. The molecule has 0 fully saturated rings. The number of aryl methyl sites for hydroxylation is 1. The molecule has 2 aromatic carbocycles. The van der Waals surface area contributed by atoms with E-state index in [9.17, 15) is 4.79 Å². The molecule has 0 atom stereocenters. The van der Waals surface area contributed by atoms with Gasteiger partial charge in [0.25, 0.3) is 5.91 Å². The van der Waals surface area contributed by atoms with Crippen molar-refractivity contribution in [1.82, 2.24) is 15.1 Å². The van der Waals surface area contributed by atoms with Crippen molar-refractivity contribution in [2.45, 2.75) is 26.3 Å². The molecule has 0 saturated carbocycles. The van der Waals surface area contributed by atoms with Crippen molar-refractivity contribution < 1.29 is 4.79 Å². The van der Waals surface area contributed by atoms with Crippen LogP contribution in [0.3, 0.4) is 0 Å². The van der Waals surface area contributed by atoms with E-state index in [0.29, 0.717) is 5.56 Å². The molecule has 4 nitrogen and oxygen atoms in total. The van der Waals surface area contributed by atoms with Crippen LogP contribution in [0.15, 0.2) is 60.7 Å². The van der Waals surface area contributed by atoms with Gasteiger partial charge in [0.15, 0.2) is 0 Å². The van der Waals surface area contributed by atoms with Gasteiger partial charge in [-0.15, -0.1) is 0 Å². The Kier molecular flexibility index (Phi) is 4.45. The molecule has 0 aliphatic heterocycles. The van der Waals surface area contributed by atoms with E-state index in [4.69, 9.17) is 0 Å². The molecule has 0 aliphatic rings. The predicted octanol–water partition coefficient (Wildman–Crippen LogP) is 4.28. The minimum Gasteiger partial charge on any atom is -0.347 e. The first-order valence-corrected chi connectivity index (χ1v) is 8.36. The van der Waals surface area contributed by atoms with Gasteiger partial charge in [0.05, 0.1) is 11.4 Å². The molecule has 0 bridgehead atoms. The molecule has 0 saturated heterocycles. The van der Waals surface area contributed by atoms with Gasteiger partial charge in [-0.25, -0.2) is 0 Å². The van der Waals surface area contributed by atoms with Crippen molar-refractivity contribution >= 4 is 5.91 Å². The monoisotopic (exact) mass is 333 g/mol. The summed E-state index contributed by atoms with van der Waals surface area (Å²) in [4.78, 5) is 12.7. The maximum absolute atomic E-state index is 12.7. The summed E-state index contributed by atoms with van der Waals surface area (Å²) in [5.74, 6) is -0.0782. The number of carbonyl (C=O) groups is 1. The van der Waals surface area contributed by atoms with Crippen LogP contribution in [-0.4, -0.2) is 21.2 Å². The minimum atomic E-state index is -0.286. The smallest absolute Gasteiger partial charge is 0.252 e. The number of hydrogen-bond donors (Lipinski definition) is 1. The lowest BCUT2D eigenvalue weighted by Crippen LogP contribution is -2.40. The molecule has 128 valence electrons. The summed E-state index contributed by atoms with van der Waals surface area (Å²) in [6.07, 6.45) is 0. The van der Waals surface area contributed by atoms with Crippen molar-refractivity contribution in [2.75, 3.05) is 0 Å². The molecule has 1 amide bonds. The molecular weight excluding hydrogens is 310 g/mol. The summed E-state index contributed by atoms with van der Waals surface area (Å²) >= 11 is 0. The molecule has 1 heterocycles. The highest BCUT2D eigenvalue weighted by atomic mass is 16.1. The molecule has 1 N–H and O–H groups in total. The van der Waals surface area contributed by atoms with Crippen molar-refractivity contribution in [3.05, 3.63) is 66.2 Å². The number of nitrogens with one attached hydrogen (secondary N) is 1. The van der Waals surface area contributed by atoms with Gasteiger partial charge in [-0.05, 0) is 32.9 Å². The average Bonchev–Trinajstić information content (AvgIpc) is 2.96. The molecule has 3 rings (SSSR count). The highest BCUT2D eigenvalue weighted by Gasteiger charge is 2.20. The molecule has 0 aliphatic carbocycles. The summed E-state index contributed by atoms with van der Waals surface area (Å²) in [6, 6.07) is 19.7. The highest BCUT2D eigenvalue weighted by Crippen LogP contribution is 2.28. The molecule has 3 aromatic rings. The Morgan fingerprint density at radius 2 is 1.64 bits per heavy atom. The summed E-state index contributed by atoms with van der Waals surface area (Å²) in [7, 11) is 1.90. The molecule has 25 heavy (non-hydrogen) atoms. The lowest BCUT2D eigenvalue weighted by Gasteiger charge is -2.21. The van der Waals surface area contributed by atoms with Crippen LogP contribution in [0.1, 0.15) is 31.1 Å². The Bertz CT molecular complexity index is 889. The maximum atomic E-state index is 12.7. The second-order valence-corrected chi connectivity index (χ2v) is 7.15. The van der Waals surface area contributed by atoms with Crippen molar-refractivity contribution in [1.29, 1.82) is 0 Å². The summed E-state index contributed by atoms with van der Waals surface area (Å²) in [5.41, 5.74) is 4.11. The maximum Gasteiger partial charge on any atom is 0.252 e. The summed E-state index contributed by atoms with van der Waals surface area (Å²) in [5, 5.41) is 7.65. The Labute approximate surface area is 148 Å². The van der Waals surface area contributed by atoms with E-state index in [-0.39, 0.29) is 11.4 Å². The first kappa shape index (κ1) is 17.0. The van der Waals surface area contributed by atoms with E-state index >= 15 is 0 Å². The molecular formula is C21H23N3O. The van der Waals surface area contributed by atoms with Crippen LogP contribution in [0.25, 0.3) is 22.5 Å². The van der Waals surface area contributed by atoms with E-state index < -0.39 is 0 Å². The average molecular weight is 333 g/mol. The zero-order chi connectivity index (χ0) is 18.0. The van der Waals surface area contributed by atoms with E-state index in [1.54, 1.807) is 0 Å². The second kappa shape index (κ2) is 6.55. The van der Waals surface area contributed by atoms with E-state index in [0.717, 1.165) is 22.5 Å². The van der Waals surface area contributed by atoms with Crippen LogP contribution in [0.5, 0.6) is 0 Å². The van der Waals surface area contributed by atoms with Crippen LogP contribution in [0, 0.1) is 0 Å². The first-order chi connectivity index (χ1) is 11.8. The summed E-state index contributed by atoms with van der Waals surface area (Å²) < 4.78 is 1.82. The number of nitrogens with zero attached hydrogens (tertiary/aromatic N) is 2. The van der Waals surface area contributed by atoms with Gasteiger partial charge in [0.1, 0.15) is 0 Å². The number of amides is 1. The second-order valence-electron chi connectivity index (χ2n) is 7.15. The molecule has 0 spiro atoms. The Morgan fingerprint density at radius 1 is 1.00 bits per heavy atom. The third-order valence-electron chi connectivity index (χ3n) is 3.89. The fourth-order valence-corrected chi connectivity index (χ4v) is 2.78. The molecule has 1 aromatic heterocycles. The fraction of sp³-hybridized carbons (Fsp3) is 0.238. The quantitative estimate of drug-likeness (QED) is 0.777. The highest BCUT2D eigenvalue weighted by molar-refractivity contribution is 6.01. The van der Waals surface area contributed by atoms with Crippen molar-refractivity contribution in [3.63, 3.8) is 0 Å². The van der Waals surface area contributed by atoms with Crippen molar-refractivity contribution in [2.24, 2.45) is 7.05 Å². The van der Waals surface area contributed by atoms with Gasteiger partial charge in [-0.1, -0.05) is 48.5 Å². The van der Waals surface area contributed by atoms with Gasteiger partial charge in [-0.2, -0.15) is 5.10 Å². The largest absolute Gasteiger partial charge is 0.347 e. The first-order valence-electron chi connectivity index (χ1n) is 8.36. The number of hydrogen-bond acceptors (Lipinski definition) is 2. The van der Waals surface area contributed by atoms with Crippen LogP contribution in [-0.2, 0) is 7.05 Å². The van der Waals surface area contributed by atoms with Gasteiger partial charge in [0, 0.05) is 29.3 Å². The minimum absolute atomic E-state index is 0.0782. The number of rotatable bonds is 3.